The molecule has 0 N–H and O–H groups in total. The Morgan fingerprint density at radius 1 is 0.272 bits per heavy atom. The summed E-state index contributed by atoms with van der Waals surface area (Å²) in [7, 11) is 0. The molecule has 2 aliphatic heterocycles. The van der Waals surface area contributed by atoms with Crippen molar-refractivity contribution in [1.29, 1.82) is 0 Å². The van der Waals surface area contributed by atoms with Crippen molar-refractivity contribution >= 4 is 79.0 Å². The third kappa shape index (κ3) is 13.2. The zero-order valence-electron chi connectivity index (χ0n) is 82.1. The van der Waals surface area contributed by atoms with Gasteiger partial charge in [0.25, 0.3) is 6.71 Å². The van der Waals surface area contributed by atoms with Crippen LogP contribution in [0.2, 0.25) is 0 Å². The molecular weight excluding hydrogens is 1380 g/mol. The summed E-state index contributed by atoms with van der Waals surface area (Å²) in [4.78, 5) is 20.4. The molecule has 0 radical (unpaired) electrons. The van der Waals surface area contributed by atoms with Gasteiger partial charge in [0.05, 0.1) is 48.7 Å². The lowest BCUT2D eigenvalue weighted by molar-refractivity contribution is 0.569. The van der Waals surface area contributed by atoms with Gasteiger partial charge in [0.1, 0.15) is 0 Å². The molecule has 0 saturated heterocycles. The lowest BCUT2D eigenvalue weighted by Gasteiger charge is -2.46. The standard InChI is InChI=1S/C107H97BN6/c1-103(2,3)78-49-54-92-86(62-78)87-63-79(104(4,5)6)50-55-93(87)112(92)83-66-96-98-97(67-83)114(99-85(71-40-28-19-29-41-71)64-82(107(13,14)15)65-88(99)102-110-100(72-42-30-20-31-43-72)109-101(111-102)73-44-32-21-33-45-73)95-60-76(77-56-80(105(7,8)9)61-81(57-77)106(10,11)12)47-52-90(95)108(98)89-51-46-75(69-36-24-17-25-37-69)59-94(89)113(96)91-53-48-74(68-34-22-16-23-35-68)58-84(91)70-38-26-18-27-39-70/h16-67H,1-15H3/i17D,20D,21D,24D,25D,30D,31D,32D,33D,36D,37D,42D,43D,44D,45D. The van der Waals surface area contributed by atoms with Crippen LogP contribution in [0.3, 0.4) is 0 Å². The van der Waals surface area contributed by atoms with E-state index in [4.69, 9.17) is 19.1 Å². The SMILES string of the molecule is [2H]c1c([2H])c([2H])c(-c2ccc3c(c2)N(c2ccc(-c4ccccc4)cc2-c2ccccc2)c2cc(-n4c5ccc(C(C)(C)C)cc5c5cc(C(C)(C)C)ccc54)cc4c2B3c2ccc(-c3cc(C(C)(C)C)cc(C(C)(C)C)c3)cc2N4c2c(-c3ccccc3)cc(C(C)(C)C)cc2-c2nc(-c3c([2H])c([2H])c([2H])c([2H])c3[2H])nc(-c3c([2H])c([2H])c([2H])c([2H])c3[2H])n2)c([2H])c1[2H]. The molecule has 2 aromatic heterocycles. The van der Waals surface area contributed by atoms with Crippen molar-refractivity contribution < 1.29 is 20.6 Å². The van der Waals surface area contributed by atoms with Crippen LogP contribution in [0.1, 0.15) is 152 Å². The summed E-state index contributed by atoms with van der Waals surface area (Å²) in [6, 6.07) is 69.9. The van der Waals surface area contributed by atoms with Gasteiger partial charge < -0.3 is 14.4 Å². The smallest absolute Gasteiger partial charge is 0.252 e. The topological polar surface area (TPSA) is 50.1 Å². The molecule has 0 saturated carbocycles. The van der Waals surface area contributed by atoms with E-state index in [-0.39, 0.29) is 45.1 Å². The highest BCUT2D eigenvalue weighted by atomic mass is 15.2. The van der Waals surface area contributed by atoms with Crippen LogP contribution in [-0.4, -0.2) is 26.2 Å². The second-order valence-corrected chi connectivity index (χ2v) is 35.5. The van der Waals surface area contributed by atoms with Gasteiger partial charge in [0.15, 0.2) is 17.5 Å². The van der Waals surface area contributed by atoms with Crippen LogP contribution >= 0.6 is 0 Å². The maximum atomic E-state index is 9.75. The van der Waals surface area contributed by atoms with Gasteiger partial charge in [-0.15, -0.1) is 0 Å². The molecule has 16 aromatic rings. The molecule has 0 unspecified atom stereocenters. The molecule has 0 atom stereocenters. The van der Waals surface area contributed by atoms with Crippen molar-refractivity contribution in [3.63, 3.8) is 0 Å². The third-order valence-corrected chi connectivity index (χ3v) is 22.6. The molecule has 0 bridgehead atoms. The van der Waals surface area contributed by atoms with Gasteiger partial charge in [-0.25, -0.2) is 15.0 Å². The van der Waals surface area contributed by atoms with Gasteiger partial charge in [-0.3, -0.25) is 0 Å². The molecule has 0 aliphatic carbocycles. The largest absolute Gasteiger partial charge is 0.311 e. The minimum Gasteiger partial charge on any atom is -0.311 e. The molecular formula is C107H97BN6. The van der Waals surface area contributed by atoms with Crippen molar-refractivity contribution in [2.75, 3.05) is 9.80 Å². The Kier molecular flexibility index (Phi) is 14.0. The Balaban J connectivity index is 1.09. The first-order valence-electron chi connectivity index (χ1n) is 46.7. The number of benzene rings is 14. The van der Waals surface area contributed by atoms with E-state index >= 15 is 0 Å². The van der Waals surface area contributed by atoms with Gasteiger partial charge in [0, 0.05) is 61.3 Å². The molecule has 558 valence electrons. The predicted octanol–water partition coefficient (Wildman–Crippen LogP) is 26.9. The van der Waals surface area contributed by atoms with Gasteiger partial charge in [0.2, 0.25) is 0 Å². The molecule has 114 heavy (non-hydrogen) atoms. The minimum absolute atomic E-state index is 0.0238. The first-order valence-corrected chi connectivity index (χ1v) is 39.2. The summed E-state index contributed by atoms with van der Waals surface area (Å²) in [5.74, 6) is -1.01. The van der Waals surface area contributed by atoms with Crippen molar-refractivity contribution in [2.45, 2.75) is 131 Å². The van der Waals surface area contributed by atoms with Gasteiger partial charge >= 0.3 is 0 Å². The van der Waals surface area contributed by atoms with Crippen LogP contribution < -0.4 is 26.2 Å². The van der Waals surface area contributed by atoms with E-state index in [0.29, 0.717) is 50.8 Å². The zero-order chi connectivity index (χ0) is 92.0. The van der Waals surface area contributed by atoms with Crippen LogP contribution in [0.4, 0.5) is 34.1 Å². The maximum Gasteiger partial charge on any atom is 0.252 e. The molecule has 14 aromatic carbocycles. The maximum absolute atomic E-state index is 9.75. The summed E-state index contributed by atoms with van der Waals surface area (Å²) < 4.78 is 143. The monoisotopic (exact) mass is 1490 g/mol. The minimum atomic E-state index is -0.720. The Morgan fingerprint density at radius 3 is 1.17 bits per heavy atom. The fraction of sp³-hybridized carbons (Fsp3) is 0.187. The lowest BCUT2D eigenvalue weighted by Crippen LogP contribution is -2.61. The summed E-state index contributed by atoms with van der Waals surface area (Å²) in [6.45, 7) is 32.2. The average molecular weight is 1490 g/mol. The van der Waals surface area contributed by atoms with Gasteiger partial charge in [-0.1, -0.05) is 346 Å². The molecule has 6 nitrogen and oxygen atoms in total. The zero-order valence-corrected chi connectivity index (χ0v) is 67.1. The van der Waals surface area contributed by atoms with Crippen molar-refractivity contribution in [3.05, 3.63) is 343 Å². The summed E-state index contributed by atoms with van der Waals surface area (Å²) >= 11 is 0. The predicted molar refractivity (Wildman–Crippen MR) is 485 cm³/mol. The van der Waals surface area contributed by atoms with Gasteiger partial charge in [-0.05, 0) is 189 Å². The van der Waals surface area contributed by atoms with E-state index in [1.54, 1.807) is 0 Å². The van der Waals surface area contributed by atoms with Crippen LogP contribution in [0.25, 0.3) is 117 Å². The Labute approximate surface area is 694 Å². The van der Waals surface area contributed by atoms with Crippen molar-refractivity contribution in [3.8, 4) is 95.5 Å². The number of hydrogen-bond donors (Lipinski definition) is 0. The van der Waals surface area contributed by atoms with E-state index < -0.39 is 113 Å². The number of anilines is 6. The molecule has 2 aliphatic rings. The second kappa shape index (κ2) is 27.7. The normalized spacial score (nSPS) is 14.8. The molecule has 4 heterocycles. The number of rotatable bonds is 11. The first-order chi connectivity index (χ1) is 60.9. The molecule has 0 spiro atoms. The van der Waals surface area contributed by atoms with E-state index in [1.165, 1.54) is 0 Å². The summed E-state index contributed by atoms with van der Waals surface area (Å²) in [5.41, 5.74) is 18.9. The van der Waals surface area contributed by atoms with E-state index in [2.05, 4.69) is 258 Å². The molecule has 7 heteroatoms. The van der Waals surface area contributed by atoms with E-state index in [9.17, 15) is 16.4 Å². The number of nitrogens with zero attached hydrogens (tertiary/aromatic N) is 6. The van der Waals surface area contributed by atoms with Crippen LogP contribution in [-0.2, 0) is 27.1 Å². The first kappa shape index (κ1) is 57.6. The van der Waals surface area contributed by atoms with Gasteiger partial charge in [-0.2, -0.15) is 0 Å². The highest BCUT2D eigenvalue weighted by Crippen LogP contribution is 2.55. The van der Waals surface area contributed by atoms with Crippen LogP contribution in [0.5, 0.6) is 0 Å². The van der Waals surface area contributed by atoms with E-state index in [1.807, 2.05) is 84.9 Å². The highest BCUT2D eigenvalue weighted by Gasteiger charge is 2.46. The van der Waals surface area contributed by atoms with E-state index in [0.717, 1.165) is 111 Å². The Hall–Kier alpha value is -12.4. The number of aromatic nitrogens is 4. The average Bonchev–Trinajstić information content (AvgIpc) is 1.26. The third-order valence-electron chi connectivity index (χ3n) is 22.6. The molecule has 0 fully saturated rings. The molecule has 18 rings (SSSR count). The number of hydrogen-bond acceptors (Lipinski definition) is 5. The number of fused-ring (bicyclic) bond motifs is 7. The Bertz CT molecular complexity index is 7130. The summed E-state index contributed by atoms with van der Waals surface area (Å²) in [6.07, 6.45) is 0. The summed E-state index contributed by atoms with van der Waals surface area (Å²) in [5, 5.41) is 2.04. The fourth-order valence-electron chi connectivity index (χ4n) is 16.4. The van der Waals surface area contributed by atoms with Crippen LogP contribution in [0.15, 0.2) is 315 Å². The van der Waals surface area contributed by atoms with Crippen molar-refractivity contribution in [2.24, 2.45) is 0 Å². The van der Waals surface area contributed by atoms with Crippen molar-refractivity contribution in [1.82, 2.24) is 19.5 Å². The lowest BCUT2D eigenvalue weighted by atomic mass is 9.33. The molecule has 0 amide bonds. The second-order valence-electron chi connectivity index (χ2n) is 35.5. The quantitative estimate of drug-likeness (QED) is 0.121. The highest BCUT2D eigenvalue weighted by molar-refractivity contribution is 7.00. The fourth-order valence-corrected chi connectivity index (χ4v) is 16.4. The van der Waals surface area contributed by atoms with Crippen LogP contribution in [0, 0.1) is 0 Å². The Morgan fingerprint density at radius 2 is 0.675 bits per heavy atom.